The van der Waals surface area contributed by atoms with Gasteiger partial charge in [0.25, 0.3) is 0 Å². The zero-order valence-electron chi connectivity index (χ0n) is 30.0. The topological polar surface area (TPSA) is 102 Å². The largest absolute Gasteiger partial charge is 0.497 e. The molecule has 2 aromatic carbocycles. The van der Waals surface area contributed by atoms with Crippen molar-refractivity contribution in [1.82, 2.24) is 0 Å². The van der Waals surface area contributed by atoms with Crippen LogP contribution in [0.15, 0.2) is 48.5 Å². The van der Waals surface area contributed by atoms with Crippen LogP contribution in [-0.2, 0) is 35.1 Å². The molecule has 0 bridgehead atoms. The van der Waals surface area contributed by atoms with Gasteiger partial charge in [-0.1, -0.05) is 52.0 Å². The summed E-state index contributed by atoms with van der Waals surface area (Å²) < 4.78 is 44.4. The second-order valence-corrected chi connectivity index (χ2v) is 14.7. The van der Waals surface area contributed by atoms with Crippen LogP contribution < -0.4 is 9.47 Å². The Kier molecular flexibility index (Phi) is 11.6. The minimum atomic E-state index is -1.34. The maximum atomic E-state index is 12.1. The van der Waals surface area contributed by atoms with Crippen molar-refractivity contribution >= 4 is 6.29 Å². The van der Waals surface area contributed by atoms with E-state index in [0.717, 1.165) is 61.0 Å². The van der Waals surface area contributed by atoms with E-state index in [4.69, 9.17) is 33.2 Å². The average Bonchev–Trinajstić information content (AvgIpc) is 3.66. The van der Waals surface area contributed by atoms with E-state index in [0.29, 0.717) is 6.42 Å². The second kappa shape index (κ2) is 15.2. The first-order valence-electron chi connectivity index (χ1n) is 17.6. The van der Waals surface area contributed by atoms with Crippen LogP contribution in [-0.4, -0.2) is 67.0 Å². The van der Waals surface area contributed by atoms with Gasteiger partial charge in [-0.15, -0.1) is 0 Å². The zero-order valence-corrected chi connectivity index (χ0v) is 30.0. The normalized spacial score (nSPS) is 31.6. The monoisotopic (exact) mass is 668 g/mol. The summed E-state index contributed by atoms with van der Waals surface area (Å²) in [5, 5.41) is 12.1. The van der Waals surface area contributed by atoms with E-state index in [1.807, 2.05) is 48.5 Å². The molecule has 2 aromatic rings. The number of hydrogen-bond acceptors (Lipinski definition) is 9. The molecule has 48 heavy (non-hydrogen) atoms. The predicted molar refractivity (Wildman–Crippen MR) is 182 cm³/mol. The van der Waals surface area contributed by atoms with E-state index < -0.39 is 35.3 Å². The Morgan fingerprint density at radius 3 is 2.17 bits per heavy atom. The first-order valence-corrected chi connectivity index (χ1v) is 17.6. The van der Waals surface area contributed by atoms with Crippen LogP contribution in [0, 0.1) is 17.8 Å². The van der Waals surface area contributed by atoms with Gasteiger partial charge < -0.3 is 43.1 Å². The highest BCUT2D eigenvalue weighted by molar-refractivity contribution is 5.54. The highest BCUT2D eigenvalue weighted by Gasteiger charge is 2.62. The smallest absolute Gasteiger partial charge is 0.184 e. The number of rotatable bonds is 14. The van der Waals surface area contributed by atoms with Crippen molar-refractivity contribution in [3.05, 3.63) is 59.7 Å². The summed E-state index contributed by atoms with van der Waals surface area (Å²) in [5.41, 5.74) is -0.246. The van der Waals surface area contributed by atoms with Gasteiger partial charge in [-0.25, -0.2) is 0 Å². The SMILES string of the molecule is CC[C@H]1OC2(CCCC2)O[C@@]1(C)[C@@H]1O[C@H](c2ccc(OC)cc2)O[C@@H]([C@H](C)C[C@@](C)(O)[C@H](OCc2ccc(OC)cc2)[C@@H](C)C=O)[C@@H]1C. The van der Waals surface area contributed by atoms with E-state index >= 15 is 0 Å². The van der Waals surface area contributed by atoms with Gasteiger partial charge in [-0.2, -0.15) is 0 Å². The molecule has 0 amide bonds. The van der Waals surface area contributed by atoms with Crippen molar-refractivity contribution in [3.8, 4) is 11.5 Å². The second-order valence-electron chi connectivity index (χ2n) is 14.7. The van der Waals surface area contributed by atoms with E-state index in [2.05, 4.69) is 27.7 Å². The maximum absolute atomic E-state index is 12.1. The van der Waals surface area contributed by atoms with Crippen LogP contribution >= 0.6 is 0 Å². The molecule has 1 saturated carbocycles. The molecule has 2 saturated heterocycles. The number of carbonyl (C=O) groups excluding carboxylic acids is 1. The number of ether oxygens (including phenoxy) is 7. The van der Waals surface area contributed by atoms with Crippen LogP contribution in [0.25, 0.3) is 0 Å². The van der Waals surface area contributed by atoms with Crippen LogP contribution in [0.2, 0.25) is 0 Å². The summed E-state index contributed by atoms with van der Waals surface area (Å²) in [6.07, 6.45) is 3.72. The third-order valence-electron chi connectivity index (χ3n) is 10.8. The third-order valence-corrected chi connectivity index (χ3v) is 10.8. The molecule has 266 valence electrons. The molecule has 1 N–H and O–H groups in total. The molecular formula is C39H56O9. The van der Waals surface area contributed by atoms with Gasteiger partial charge in [0.2, 0.25) is 0 Å². The van der Waals surface area contributed by atoms with Crippen molar-refractivity contribution in [2.75, 3.05) is 14.2 Å². The Bertz CT molecular complexity index is 1320. The van der Waals surface area contributed by atoms with Gasteiger partial charge in [-0.05, 0) is 75.3 Å². The summed E-state index contributed by atoms with van der Waals surface area (Å²) in [7, 11) is 3.27. The van der Waals surface area contributed by atoms with Crippen LogP contribution in [0.1, 0.15) is 97.5 Å². The summed E-state index contributed by atoms with van der Waals surface area (Å²) in [5.74, 6) is 0.150. The molecule has 0 aromatic heterocycles. The molecular weight excluding hydrogens is 612 g/mol. The lowest BCUT2D eigenvalue weighted by Gasteiger charge is -2.50. The number of benzene rings is 2. The van der Waals surface area contributed by atoms with Gasteiger partial charge in [0.1, 0.15) is 23.4 Å². The number of hydrogen-bond donors (Lipinski definition) is 1. The summed E-state index contributed by atoms with van der Waals surface area (Å²) in [6.45, 7) is 12.3. The number of aldehydes is 1. The molecule has 0 unspecified atom stereocenters. The summed E-state index contributed by atoms with van der Waals surface area (Å²) in [4.78, 5) is 12.1. The van der Waals surface area contributed by atoms with E-state index in [-0.39, 0.29) is 36.8 Å². The fourth-order valence-corrected chi connectivity index (χ4v) is 8.45. The first-order chi connectivity index (χ1) is 22.9. The van der Waals surface area contributed by atoms with Gasteiger partial charge in [-0.3, -0.25) is 0 Å². The molecule has 2 heterocycles. The molecule has 3 aliphatic rings. The molecule has 9 heteroatoms. The maximum Gasteiger partial charge on any atom is 0.184 e. The van der Waals surface area contributed by atoms with Crippen molar-refractivity contribution < 1.29 is 43.1 Å². The van der Waals surface area contributed by atoms with Crippen molar-refractivity contribution in [2.45, 2.75) is 134 Å². The molecule has 3 fully saturated rings. The Hall–Kier alpha value is -2.53. The fraction of sp³-hybridized carbons (Fsp3) is 0.667. The van der Waals surface area contributed by atoms with Crippen LogP contribution in [0.4, 0.5) is 0 Å². The Morgan fingerprint density at radius 1 is 1.00 bits per heavy atom. The van der Waals surface area contributed by atoms with Gasteiger partial charge in [0.15, 0.2) is 12.1 Å². The molecule has 9 nitrogen and oxygen atoms in total. The average molecular weight is 669 g/mol. The van der Waals surface area contributed by atoms with Crippen molar-refractivity contribution in [2.24, 2.45) is 17.8 Å². The standard InChI is InChI=1S/C39H56O9/c1-9-32-38(6,48-39(47-32)20-10-11-21-39)35-27(4)33(45-36(46-35)29-14-18-31(43-8)19-15-29)25(2)22-37(5,41)34(26(3)23-40)44-24-28-12-16-30(42-7)17-13-28/h12-19,23,25-27,32-36,41H,9-11,20-22,24H2,1-8H3/t25-,26+,27+,32-,33+,34-,35-,36-,37-,38-/m1/s1. The highest BCUT2D eigenvalue weighted by Crippen LogP contribution is 2.53. The molecule has 10 atom stereocenters. The number of methoxy groups -OCH3 is 2. The lowest BCUT2D eigenvalue weighted by atomic mass is 9.74. The molecule has 1 aliphatic carbocycles. The van der Waals surface area contributed by atoms with Gasteiger partial charge in [0.05, 0.1) is 50.8 Å². The zero-order chi connectivity index (χ0) is 34.7. The molecule has 0 radical (unpaired) electrons. The highest BCUT2D eigenvalue weighted by atomic mass is 16.8. The first kappa shape index (κ1) is 36.7. The Labute approximate surface area is 286 Å². The van der Waals surface area contributed by atoms with E-state index in [1.54, 1.807) is 28.1 Å². The quantitative estimate of drug-likeness (QED) is 0.210. The van der Waals surface area contributed by atoms with Crippen molar-refractivity contribution in [3.63, 3.8) is 0 Å². The van der Waals surface area contributed by atoms with E-state index in [9.17, 15) is 9.90 Å². The van der Waals surface area contributed by atoms with Crippen LogP contribution in [0.5, 0.6) is 11.5 Å². The molecule has 1 spiro atoms. The van der Waals surface area contributed by atoms with Gasteiger partial charge in [0, 0.05) is 30.2 Å². The lowest BCUT2D eigenvalue weighted by Crippen LogP contribution is -2.59. The van der Waals surface area contributed by atoms with Crippen molar-refractivity contribution in [1.29, 1.82) is 0 Å². The minimum Gasteiger partial charge on any atom is -0.497 e. The number of carbonyl (C=O) groups is 1. The lowest BCUT2D eigenvalue weighted by molar-refractivity contribution is -0.322. The van der Waals surface area contributed by atoms with Crippen LogP contribution in [0.3, 0.4) is 0 Å². The van der Waals surface area contributed by atoms with E-state index in [1.165, 1.54) is 0 Å². The Balaban J connectivity index is 1.41. The summed E-state index contributed by atoms with van der Waals surface area (Å²) in [6, 6.07) is 15.3. The summed E-state index contributed by atoms with van der Waals surface area (Å²) >= 11 is 0. The number of aliphatic hydroxyl groups is 1. The molecule has 2 aliphatic heterocycles. The predicted octanol–water partition coefficient (Wildman–Crippen LogP) is 7.17. The minimum absolute atomic E-state index is 0.105. The Morgan fingerprint density at radius 2 is 1.60 bits per heavy atom. The molecule has 5 rings (SSSR count). The van der Waals surface area contributed by atoms with Gasteiger partial charge >= 0.3 is 0 Å². The fourth-order valence-electron chi connectivity index (χ4n) is 8.45. The third kappa shape index (κ3) is 7.62.